The number of ether oxygens (including phenoxy) is 1. The summed E-state index contributed by atoms with van der Waals surface area (Å²) in [5, 5.41) is 0. The van der Waals surface area contributed by atoms with Crippen LogP contribution >= 0.6 is 38.5 Å². The van der Waals surface area contributed by atoms with Crippen LogP contribution in [0, 0.1) is 0 Å². The third kappa shape index (κ3) is 3.95. The lowest BCUT2D eigenvalue weighted by molar-refractivity contribution is 0.228. The van der Waals surface area contributed by atoms with Crippen LogP contribution in [0.5, 0.6) is 0 Å². The predicted octanol–water partition coefficient (Wildman–Crippen LogP) is 2.19. The molecule has 5 heteroatoms. The van der Waals surface area contributed by atoms with Gasteiger partial charge in [0.1, 0.15) is 14.4 Å². The summed E-state index contributed by atoms with van der Waals surface area (Å²) in [6, 6.07) is 0. The van der Waals surface area contributed by atoms with E-state index in [0.717, 1.165) is 23.2 Å². The van der Waals surface area contributed by atoms with Crippen LogP contribution in [0.15, 0.2) is 16.8 Å². The van der Waals surface area contributed by atoms with E-state index in [9.17, 15) is 0 Å². The molecule has 0 amide bonds. The first-order chi connectivity index (χ1) is 6.24. The Morgan fingerprint density at radius 3 is 3.15 bits per heavy atom. The number of aliphatic imine (C=N–C) groups is 1. The van der Waals surface area contributed by atoms with E-state index in [1.807, 2.05) is 0 Å². The molecule has 0 aromatic carbocycles. The largest absolute Gasteiger partial charge is 0.491 e. The Labute approximate surface area is 100 Å². The van der Waals surface area contributed by atoms with Crippen molar-refractivity contribution in [1.82, 2.24) is 0 Å². The summed E-state index contributed by atoms with van der Waals surface area (Å²) >= 11 is 5.66. The second kappa shape index (κ2) is 5.98. The lowest BCUT2D eigenvalue weighted by Gasteiger charge is -2.14. The average molecular weight is 359 g/mol. The zero-order valence-electron chi connectivity index (χ0n) is 7.17. The second-order valence-corrected chi connectivity index (χ2v) is 4.84. The summed E-state index contributed by atoms with van der Waals surface area (Å²) in [5.41, 5.74) is 5.36. The van der Waals surface area contributed by atoms with Gasteiger partial charge in [-0.2, -0.15) is 0 Å². The van der Waals surface area contributed by atoms with E-state index in [-0.39, 0.29) is 0 Å². The molecule has 1 atom stereocenters. The van der Waals surface area contributed by atoms with Gasteiger partial charge in [0.15, 0.2) is 0 Å². The number of allylic oxidation sites excluding steroid dienone is 1. The first-order valence-electron chi connectivity index (χ1n) is 4.15. The average Bonchev–Trinajstić information content (AvgIpc) is 2.09. The Bertz CT molecular complexity index is 230. The van der Waals surface area contributed by atoms with Crippen molar-refractivity contribution < 1.29 is 4.74 Å². The molecule has 0 saturated carbocycles. The highest BCUT2D eigenvalue weighted by molar-refractivity contribution is 14.1. The fourth-order valence-corrected chi connectivity index (χ4v) is 2.35. The SMILES string of the molecule is NCCCOC1=CC[C@@H](I)N=C1Br. The summed E-state index contributed by atoms with van der Waals surface area (Å²) in [6.07, 6.45) is 3.88. The molecule has 1 aliphatic heterocycles. The van der Waals surface area contributed by atoms with Crippen molar-refractivity contribution in [3.05, 3.63) is 11.8 Å². The fourth-order valence-electron chi connectivity index (χ4n) is 0.912. The zero-order chi connectivity index (χ0) is 9.68. The molecule has 0 aliphatic carbocycles. The Morgan fingerprint density at radius 1 is 1.77 bits per heavy atom. The quantitative estimate of drug-likeness (QED) is 0.362. The van der Waals surface area contributed by atoms with Gasteiger partial charge in [-0.25, -0.2) is 0 Å². The molecular weight excluding hydrogens is 347 g/mol. The number of dihydropyridines is 1. The molecule has 74 valence electrons. The number of hydrogen-bond donors (Lipinski definition) is 1. The first kappa shape index (κ1) is 11.5. The van der Waals surface area contributed by atoms with E-state index in [1.54, 1.807) is 0 Å². The zero-order valence-corrected chi connectivity index (χ0v) is 10.9. The minimum Gasteiger partial charge on any atom is -0.491 e. The van der Waals surface area contributed by atoms with Crippen LogP contribution in [0.2, 0.25) is 0 Å². The summed E-state index contributed by atoms with van der Waals surface area (Å²) in [7, 11) is 0. The van der Waals surface area contributed by atoms with Crippen LogP contribution in [0.25, 0.3) is 0 Å². The van der Waals surface area contributed by atoms with Gasteiger partial charge in [0.25, 0.3) is 0 Å². The maximum absolute atomic E-state index is 5.48. The highest BCUT2D eigenvalue weighted by Gasteiger charge is 2.13. The molecule has 0 unspecified atom stereocenters. The topological polar surface area (TPSA) is 47.6 Å². The maximum atomic E-state index is 5.48. The maximum Gasteiger partial charge on any atom is 0.147 e. The molecule has 0 saturated heterocycles. The van der Waals surface area contributed by atoms with Crippen LogP contribution in [0.1, 0.15) is 12.8 Å². The molecule has 1 aliphatic rings. The second-order valence-electron chi connectivity index (χ2n) is 2.65. The normalized spacial score (nSPS) is 22.2. The minimum atomic E-state index is 0.328. The van der Waals surface area contributed by atoms with Crippen molar-refractivity contribution >= 4 is 43.1 Å². The smallest absolute Gasteiger partial charge is 0.147 e. The molecule has 2 N–H and O–H groups in total. The van der Waals surface area contributed by atoms with E-state index >= 15 is 0 Å². The van der Waals surface area contributed by atoms with E-state index in [0.29, 0.717) is 17.2 Å². The summed E-state index contributed by atoms with van der Waals surface area (Å²) < 4.78 is 6.63. The van der Waals surface area contributed by atoms with Gasteiger partial charge in [0.05, 0.1) is 6.61 Å². The number of halogens is 2. The fraction of sp³-hybridized carbons (Fsp3) is 0.625. The Balaban J connectivity index is 2.38. The molecule has 0 radical (unpaired) electrons. The van der Waals surface area contributed by atoms with Gasteiger partial charge in [-0.1, -0.05) is 22.6 Å². The molecule has 3 nitrogen and oxygen atoms in total. The minimum absolute atomic E-state index is 0.328. The number of nitrogens with two attached hydrogens (primary N) is 1. The highest BCUT2D eigenvalue weighted by atomic mass is 127. The Hall–Kier alpha value is 0.380. The van der Waals surface area contributed by atoms with Crippen molar-refractivity contribution in [2.75, 3.05) is 13.2 Å². The molecule has 13 heavy (non-hydrogen) atoms. The van der Waals surface area contributed by atoms with Crippen molar-refractivity contribution in [1.29, 1.82) is 0 Å². The highest BCUT2D eigenvalue weighted by Crippen LogP contribution is 2.21. The predicted molar refractivity (Wildman–Crippen MR) is 66.5 cm³/mol. The number of nitrogens with zero attached hydrogens (tertiary/aromatic N) is 1. The molecule has 0 fully saturated rings. The molecular formula is C8H12BrIN2O. The number of rotatable bonds is 4. The van der Waals surface area contributed by atoms with Crippen molar-refractivity contribution in [3.63, 3.8) is 0 Å². The molecule has 0 bridgehead atoms. The molecule has 0 spiro atoms. The summed E-state index contributed by atoms with van der Waals surface area (Å²) in [5.74, 6) is 0.848. The summed E-state index contributed by atoms with van der Waals surface area (Å²) in [6.45, 7) is 1.33. The van der Waals surface area contributed by atoms with Crippen LogP contribution in [0.3, 0.4) is 0 Å². The molecule has 0 aromatic rings. The van der Waals surface area contributed by atoms with Crippen molar-refractivity contribution in [3.8, 4) is 0 Å². The lowest BCUT2D eigenvalue weighted by Crippen LogP contribution is -2.11. The van der Waals surface area contributed by atoms with Gasteiger partial charge in [-0.15, -0.1) is 0 Å². The molecule has 0 aromatic heterocycles. The van der Waals surface area contributed by atoms with Crippen molar-refractivity contribution in [2.24, 2.45) is 10.7 Å². The third-order valence-corrected chi connectivity index (χ3v) is 2.94. The number of hydrogen-bond acceptors (Lipinski definition) is 3. The van der Waals surface area contributed by atoms with E-state index in [1.165, 1.54) is 0 Å². The third-order valence-electron chi connectivity index (χ3n) is 1.56. The molecule has 1 heterocycles. The van der Waals surface area contributed by atoms with Gasteiger partial charge in [-0.3, -0.25) is 4.99 Å². The van der Waals surface area contributed by atoms with E-state index in [2.05, 4.69) is 49.6 Å². The first-order valence-corrected chi connectivity index (χ1v) is 6.18. The van der Waals surface area contributed by atoms with Crippen molar-refractivity contribution in [2.45, 2.75) is 16.9 Å². The summed E-state index contributed by atoms with van der Waals surface area (Å²) in [4.78, 5) is 4.34. The van der Waals surface area contributed by atoms with Gasteiger partial charge in [-0.05, 0) is 35.0 Å². The van der Waals surface area contributed by atoms with Crippen LogP contribution in [-0.4, -0.2) is 21.8 Å². The van der Waals surface area contributed by atoms with Gasteiger partial charge in [0.2, 0.25) is 0 Å². The van der Waals surface area contributed by atoms with Gasteiger partial charge >= 0.3 is 0 Å². The standard InChI is InChI=1S/C8H12BrIN2O/c9-8-6(13-5-1-4-11)2-3-7(10)12-8/h2,7H,1,3-5,11H2/t7-/m0/s1. The lowest BCUT2D eigenvalue weighted by atomic mass is 10.3. The van der Waals surface area contributed by atoms with E-state index < -0.39 is 0 Å². The van der Waals surface area contributed by atoms with Gasteiger partial charge < -0.3 is 10.5 Å². The van der Waals surface area contributed by atoms with Crippen LogP contribution in [-0.2, 0) is 4.74 Å². The van der Waals surface area contributed by atoms with Crippen LogP contribution < -0.4 is 5.73 Å². The number of alkyl halides is 1. The Kier molecular flexibility index (Phi) is 5.27. The molecule has 1 rings (SSSR count). The van der Waals surface area contributed by atoms with E-state index in [4.69, 9.17) is 10.5 Å². The monoisotopic (exact) mass is 358 g/mol. The van der Waals surface area contributed by atoms with Gasteiger partial charge in [0, 0.05) is 6.42 Å². The van der Waals surface area contributed by atoms with Crippen LogP contribution in [0.4, 0.5) is 0 Å². The Morgan fingerprint density at radius 2 is 2.54 bits per heavy atom.